The number of carbonyl (C=O) groups excluding carboxylic acids is 1. The largest absolute Gasteiger partial charge is 0.475 e. The van der Waals surface area contributed by atoms with Gasteiger partial charge in [0.15, 0.2) is 10.3 Å². The van der Waals surface area contributed by atoms with Crippen LogP contribution in [0, 0.1) is 34.3 Å². The number of aliphatic hydroxyl groups is 2. The van der Waals surface area contributed by atoms with Crippen molar-refractivity contribution in [2.24, 2.45) is 0 Å². The second-order valence-electron chi connectivity index (χ2n) is 19.9. The molecule has 0 unspecified atom stereocenters. The SMILES string of the molecule is C.CCc1nc2ccc(-c3cnc(C(=O)N4CCC(O)CC4)nc3)cn2c1N(C)c1nc(-c2ccc(F)cc2)c(C#N)s1.CCc1nc2ccc(-c3cnc(C(=O)O)nc3)cn2c1N(C)c1nc(-c2ccc(F)cc2)c(C#N)s1.OC1CCNCC1.[2H]CF. The third-order valence-corrected chi connectivity index (χ3v) is 16.4. The lowest BCUT2D eigenvalue weighted by atomic mass is 10.1. The number of carbonyl (C=O) groups is 2. The molecular weight excluding hydrogens is 1170 g/mol. The molecule has 0 spiro atoms. The van der Waals surface area contributed by atoms with Crippen molar-refractivity contribution in [3.05, 3.63) is 154 Å². The average molecular weight is 1230 g/mol. The minimum Gasteiger partial charge on any atom is -0.475 e. The summed E-state index contributed by atoms with van der Waals surface area (Å²) in [5.74, 6) is -0.708. The molecule has 0 saturated carbocycles. The molecule has 454 valence electrons. The lowest BCUT2D eigenvalue weighted by Crippen LogP contribution is -2.40. The first kappa shape index (κ1) is 62.9. The zero-order valence-electron chi connectivity index (χ0n) is 48.6. The van der Waals surface area contributed by atoms with E-state index in [-0.39, 0.29) is 48.8 Å². The molecule has 0 bridgehead atoms. The summed E-state index contributed by atoms with van der Waals surface area (Å²) in [5, 5.41) is 51.5. The number of imidazole rings is 2. The van der Waals surface area contributed by atoms with Gasteiger partial charge in [-0.2, -0.15) is 10.5 Å². The van der Waals surface area contributed by atoms with Crippen molar-refractivity contribution in [2.75, 3.05) is 57.2 Å². The van der Waals surface area contributed by atoms with Crippen LogP contribution in [0.5, 0.6) is 0 Å². The number of piperidine rings is 2. The van der Waals surface area contributed by atoms with Crippen molar-refractivity contribution < 1.29 is 39.5 Å². The number of halogens is 3. The highest BCUT2D eigenvalue weighted by atomic mass is 32.1. The van der Waals surface area contributed by atoms with E-state index in [4.69, 9.17) is 31.5 Å². The lowest BCUT2D eigenvalue weighted by molar-refractivity contribution is 0.0535. The van der Waals surface area contributed by atoms with E-state index in [1.54, 1.807) is 41.6 Å². The smallest absolute Gasteiger partial charge is 0.373 e. The number of nitrogens with one attached hydrogen (secondary N) is 1. The van der Waals surface area contributed by atoms with E-state index < -0.39 is 13.1 Å². The van der Waals surface area contributed by atoms with Gasteiger partial charge < -0.3 is 35.3 Å². The molecule has 2 saturated heterocycles. The van der Waals surface area contributed by atoms with Gasteiger partial charge >= 0.3 is 5.97 Å². The first-order valence-electron chi connectivity index (χ1n) is 28.2. The third-order valence-electron chi connectivity index (χ3n) is 14.3. The summed E-state index contributed by atoms with van der Waals surface area (Å²) in [6.07, 6.45) is 13.9. The number of carboxylic acids is 1. The topological polar surface area (TPSA) is 276 Å². The number of aryl methyl sites for hydroxylation is 2. The molecule has 2 aliphatic heterocycles. The van der Waals surface area contributed by atoms with Crippen molar-refractivity contribution in [3.8, 4) is 56.9 Å². The number of alkyl halides is 1. The maximum absolute atomic E-state index is 13.5. The Kier molecular flexibility index (Phi) is 20.9. The van der Waals surface area contributed by atoms with E-state index in [0.717, 1.165) is 76.9 Å². The number of hydrogen-bond acceptors (Lipinski definition) is 19. The number of carboxylic acid groups (broad SMARTS) is 1. The number of aromatic nitrogens is 10. The van der Waals surface area contributed by atoms with E-state index >= 15 is 0 Å². The number of fused-ring (bicyclic) bond motifs is 2. The quantitative estimate of drug-likeness (QED) is 0.0885. The fourth-order valence-corrected chi connectivity index (χ4v) is 11.4. The van der Waals surface area contributed by atoms with Gasteiger partial charge in [-0.3, -0.25) is 18.0 Å². The minimum absolute atomic E-state index is 0. The van der Waals surface area contributed by atoms with E-state index in [1.165, 1.54) is 59.3 Å². The fraction of sp³-hybridized carbons (Fsp3) is 0.290. The van der Waals surface area contributed by atoms with Crippen LogP contribution in [0.1, 0.15) is 90.7 Å². The Morgan fingerprint density at radius 3 is 1.39 bits per heavy atom. The zero-order valence-corrected chi connectivity index (χ0v) is 49.3. The standard InChI is InChI=1S/C30H27FN8O2S.C25H18FN7O2S.C5H11NO.CH3F.CH4/c1-3-23-28(37(2)30-36-26(24(14-32)42-30)18-4-7-21(31)8-5-18)39-17-19(6-9-25(39)35-23)20-15-33-27(34-16-20)29(41)38-12-10-22(40)11-13-38;1-3-18-23(32(2)25-31-21(19(10-27)36-25)14-4-7-17(26)8-5-14)33-13-15(6-9-20(33)30-18)16-11-28-22(24(34)35)29-12-16;7-5-1-3-6-4-2-5;1-2;/h4-9,15-17,22,40H,3,10-13H2,1-2H3;4-9,11-13H,3H2,1-2H3,(H,34,35);5-7H,1-4H2;1H3;1H4/i;;;1D;. The third kappa shape index (κ3) is 14.3. The first-order chi connectivity index (χ1) is 42.6. The summed E-state index contributed by atoms with van der Waals surface area (Å²) in [6.45, 7) is 6.98. The molecule has 10 heterocycles. The van der Waals surface area contributed by atoms with Crippen LogP contribution >= 0.6 is 22.7 Å². The number of nitriles is 2. The number of rotatable bonds is 12. The van der Waals surface area contributed by atoms with Gasteiger partial charge in [-0.1, -0.05) is 43.9 Å². The molecule has 26 heteroatoms. The monoisotopic (exact) mass is 1230 g/mol. The number of amides is 1. The molecule has 2 fully saturated rings. The molecule has 88 heavy (non-hydrogen) atoms. The number of aromatic carboxylic acids is 1. The van der Waals surface area contributed by atoms with Crippen LogP contribution in [-0.2, 0) is 12.8 Å². The molecule has 4 N–H and O–H groups in total. The minimum atomic E-state index is -1.19. The zero-order chi connectivity index (χ0) is 62.6. The Morgan fingerprint density at radius 2 is 1.02 bits per heavy atom. The van der Waals surface area contributed by atoms with E-state index in [0.29, 0.717) is 86.9 Å². The summed E-state index contributed by atoms with van der Waals surface area (Å²) >= 11 is 2.50. The van der Waals surface area contributed by atoms with Crippen molar-refractivity contribution >= 4 is 67.7 Å². The molecule has 12 rings (SSSR count). The molecule has 2 aromatic carbocycles. The van der Waals surface area contributed by atoms with E-state index in [2.05, 4.69) is 37.4 Å². The van der Waals surface area contributed by atoms with Crippen molar-refractivity contribution in [3.63, 3.8) is 0 Å². The number of anilines is 4. The summed E-state index contributed by atoms with van der Waals surface area (Å²) in [4.78, 5) is 65.8. The highest BCUT2D eigenvalue weighted by molar-refractivity contribution is 7.17. The molecule has 0 atom stereocenters. The van der Waals surface area contributed by atoms with Gasteiger partial charge in [-0.15, -0.1) is 0 Å². The summed E-state index contributed by atoms with van der Waals surface area (Å²) in [7, 11) is 2.74. The second kappa shape index (κ2) is 29.2. The number of pyridine rings is 2. The van der Waals surface area contributed by atoms with Crippen molar-refractivity contribution in [1.82, 2.24) is 58.9 Å². The van der Waals surface area contributed by atoms with E-state index in [1.807, 2.05) is 83.2 Å². The van der Waals surface area contributed by atoms with Gasteiger partial charge in [0.25, 0.3) is 5.91 Å². The van der Waals surface area contributed by atoms with Crippen LogP contribution in [0.4, 0.5) is 35.1 Å². The van der Waals surface area contributed by atoms with Gasteiger partial charge in [0.2, 0.25) is 11.6 Å². The Morgan fingerprint density at radius 1 is 0.636 bits per heavy atom. The number of hydrogen-bond donors (Lipinski definition) is 4. The first-order valence-corrected chi connectivity index (χ1v) is 29.1. The number of nitrogens with zero attached hydrogens (tertiary/aromatic N) is 15. The van der Waals surface area contributed by atoms with E-state index in [9.17, 15) is 38.4 Å². The Balaban J connectivity index is 0.000000199. The Hall–Kier alpha value is -9.57. The van der Waals surface area contributed by atoms with Crippen LogP contribution < -0.4 is 15.1 Å². The van der Waals surface area contributed by atoms with Gasteiger partial charge in [-0.05, 0) is 124 Å². The molecule has 0 radical (unpaired) electrons. The molecule has 2 aliphatic rings. The van der Waals surface area contributed by atoms with Gasteiger partial charge in [0.05, 0.1) is 32.1 Å². The number of likely N-dealkylation sites (tertiary alicyclic amines) is 1. The molecule has 8 aromatic heterocycles. The van der Waals surface area contributed by atoms with Gasteiger partial charge in [0.1, 0.15) is 67.8 Å². The maximum Gasteiger partial charge on any atom is 0.373 e. The van der Waals surface area contributed by atoms with Crippen molar-refractivity contribution in [2.45, 2.75) is 72.0 Å². The lowest BCUT2D eigenvalue weighted by Gasteiger charge is -2.28. The number of aliphatic hydroxyl groups excluding tert-OH is 2. The molecule has 1 amide bonds. The summed E-state index contributed by atoms with van der Waals surface area (Å²) < 4.78 is 46.3. The average Bonchev–Trinajstić information content (AvgIpc) is 1.81. The van der Waals surface area contributed by atoms with Crippen LogP contribution in [-0.4, -0.2) is 140 Å². The number of thiazole rings is 2. The fourth-order valence-electron chi connectivity index (χ4n) is 9.72. The normalized spacial score (nSPS) is 13.3. The number of benzene rings is 2. The van der Waals surface area contributed by atoms with Gasteiger partial charge in [0, 0.05) is 97.7 Å². The predicted octanol–water partition coefficient (Wildman–Crippen LogP) is 10.8. The Labute approximate surface area is 514 Å². The molecular formula is C62H63F3N16O5S2. The van der Waals surface area contributed by atoms with Crippen LogP contribution in [0.15, 0.2) is 110 Å². The second-order valence-corrected chi connectivity index (χ2v) is 21.8. The maximum atomic E-state index is 13.5. The molecule has 21 nitrogen and oxygen atoms in total. The summed E-state index contributed by atoms with van der Waals surface area (Å²) in [5.41, 5.74) is 8.48. The molecule has 0 aliphatic carbocycles. The van der Waals surface area contributed by atoms with Crippen molar-refractivity contribution in [1.29, 1.82) is 10.5 Å². The highest BCUT2D eigenvalue weighted by Gasteiger charge is 2.27. The summed E-state index contributed by atoms with van der Waals surface area (Å²) in [6, 6.07) is 23.8. The van der Waals surface area contributed by atoms with Crippen LogP contribution in [0.3, 0.4) is 0 Å². The van der Waals surface area contributed by atoms with Gasteiger partial charge in [-0.25, -0.2) is 53.4 Å². The van der Waals surface area contributed by atoms with Crippen LogP contribution in [0.25, 0.3) is 56.1 Å². The van der Waals surface area contributed by atoms with Crippen LogP contribution in [0.2, 0.25) is 0 Å². The highest BCUT2D eigenvalue weighted by Crippen LogP contribution is 2.39. The Bertz CT molecular complexity index is 4140. The predicted molar refractivity (Wildman–Crippen MR) is 332 cm³/mol. The molecule has 10 aromatic rings.